The molecule has 1 aliphatic carbocycles. The second kappa shape index (κ2) is 7.03. The largest absolute Gasteiger partial charge is 0.466 e. The smallest absolute Gasteiger partial charge is 0.306 e. The minimum absolute atomic E-state index is 0.0582. The van der Waals surface area contributed by atoms with Gasteiger partial charge in [0, 0.05) is 12.3 Å². The van der Waals surface area contributed by atoms with Crippen LogP contribution < -0.4 is 0 Å². The first-order valence-electron chi connectivity index (χ1n) is 7.08. The highest BCUT2D eigenvalue weighted by molar-refractivity contribution is 5.97. The Balaban J connectivity index is 1.93. The molecule has 0 aromatic carbocycles. The fourth-order valence-electron chi connectivity index (χ4n) is 2.34. The number of allylic oxidation sites excluding steroid dienone is 2. The summed E-state index contributed by atoms with van der Waals surface area (Å²) in [7, 11) is 0. The molecule has 1 atom stereocenters. The Morgan fingerprint density at radius 2 is 2.35 bits per heavy atom. The van der Waals surface area contributed by atoms with E-state index in [2.05, 4.69) is 5.10 Å². The van der Waals surface area contributed by atoms with Gasteiger partial charge >= 0.3 is 5.97 Å². The fraction of sp³-hybridized carbons (Fsp3) is 0.533. The monoisotopic (exact) mass is 276 g/mol. The van der Waals surface area contributed by atoms with Crippen molar-refractivity contribution in [3.05, 3.63) is 24.3 Å². The van der Waals surface area contributed by atoms with Crippen LogP contribution in [0.15, 0.2) is 29.4 Å². The predicted octanol–water partition coefficient (Wildman–Crippen LogP) is 1.85. The quantitative estimate of drug-likeness (QED) is 0.719. The number of rotatable bonds is 5. The summed E-state index contributed by atoms with van der Waals surface area (Å²) in [5, 5.41) is 6.35. The average molecular weight is 276 g/mol. The van der Waals surface area contributed by atoms with Gasteiger partial charge < -0.3 is 4.74 Å². The summed E-state index contributed by atoms with van der Waals surface area (Å²) < 4.78 is 4.91. The predicted molar refractivity (Wildman–Crippen MR) is 76.3 cm³/mol. The van der Waals surface area contributed by atoms with Crippen LogP contribution in [0.1, 0.15) is 32.6 Å². The minimum Gasteiger partial charge on any atom is -0.466 e. The molecule has 20 heavy (non-hydrogen) atoms. The molecule has 2 aliphatic rings. The average Bonchev–Trinajstić information content (AvgIpc) is 2.46. The van der Waals surface area contributed by atoms with Gasteiger partial charge in [0.25, 0.3) is 0 Å². The molecule has 0 saturated carbocycles. The van der Waals surface area contributed by atoms with Crippen molar-refractivity contribution in [3.8, 4) is 0 Å². The standard InChI is InChI=1S/C15H20N2O3/c1-2-20-15(19)10-9-12-6-5-11-17(16-12)13-7-3-4-8-14(13)18/h3-4,7-8,13H,2,5-6,9-11H2,1H3. The van der Waals surface area contributed by atoms with E-state index in [0.29, 0.717) is 19.4 Å². The van der Waals surface area contributed by atoms with Gasteiger partial charge in [-0.3, -0.25) is 14.6 Å². The molecular formula is C15H20N2O3. The number of hydrogen-bond donors (Lipinski definition) is 0. The first-order valence-corrected chi connectivity index (χ1v) is 7.08. The molecule has 0 saturated heterocycles. The first-order chi connectivity index (χ1) is 9.70. The summed E-state index contributed by atoms with van der Waals surface area (Å²) in [6.45, 7) is 2.98. The summed E-state index contributed by atoms with van der Waals surface area (Å²) in [4.78, 5) is 23.2. The summed E-state index contributed by atoms with van der Waals surface area (Å²) in [5.74, 6) is -0.133. The van der Waals surface area contributed by atoms with Crippen molar-refractivity contribution in [2.24, 2.45) is 5.10 Å². The van der Waals surface area contributed by atoms with E-state index in [1.807, 2.05) is 17.2 Å². The van der Waals surface area contributed by atoms with Gasteiger partial charge in [0.15, 0.2) is 5.78 Å². The SMILES string of the molecule is CCOC(=O)CCC1=NN(C2C=CC=CC2=O)CCC1. The maximum absolute atomic E-state index is 11.8. The molecule has 0 radical (unpaired) electrons. The van der Waals surface area contributed by atoms with Crippen molar-refractivity contribution >= 4 is 17.5 Å². The Morgan fingerprint density at radius 1 is 1.50 bits per heavy atom. The lowest BCUT2D eigenvalue weighted by atomic mass is 10.0. The van der Waals surface area contributed by atoms with Gasteiger partial charge in [-0.2, -0.15) is 5.10 Å². The lowest BCUT2D eigenvalue weighted by molar-refractivity contribution is -0.142. The van der Waals surface area contributed by atoms with Crippen LogP contribution in [0, 0.1) is 0 Å². The number of ketones is 1. The molecule has 108 valence electrons. The Labute approximate surface area is 119 Å². The van der Waals surface area contributed by atoms with Gasteiger partial charge in [-0.15, -0.1) is 0 Å². The van der Waals surface area contributed by atoms with Crippen LogP contribution in [0.5, 0.6) is 0 Å². The number of nitrogens with zero attached hydrogens (tertiary/aromatic N) is 2. The second-order valence-electron chi connectivity index (χ2n) is 4.83. The molecule has 1 heterocycles. The van der Waals surface area contributed by atoms with Gasteiger partial charge in [0.2, 0.25) is 0 Å². The third kappa shape index (κ3) is 3.79. The van der Waals surface area contributed by atoms with Crippen LogP contribution >= 0.6 is 0 Å². The number of hydrogen-bond acceptors (Lipinski definition) is 5. The van der Waals surface area contributed by atoms with Gasteiger partial charge in [0.05, 0.1) is 13.0 Å². The van der Waals surface area contributed by atoms with E-state index in [-0.39, 0.29) is 17.8 Å². The summed E-state index contributed by atoms with van der Waals surface area (Å²) >= 11 is 0. The first kappa shape index (κ1) is 14.5. The zero-order valence-corrected chi connectivity index (χ0v) is 11.7. The van der Waals surface area contributed by atoms with E-state index in [0.717, 1.165) is 25.1 Å². The lowest BCUT2D eigenvalue weighted by Crippen LogP contribution is -2.39. The topological polar surface area (TPSA) is 59.0 Å². The molecule has 0 bridgehead atoms. The molecule has 0 fully saturated rings. The molecule has 0 aromatic heterocycles. The fourth-order valence-corrected chi connectivity index (χ4v) is 2.34. The molecule has 5 heteroatoms. The molecular weight excluding hydrogens is 256 g/mol. The minimum atomic E-state index is -0.294. The molecule has 1 unspecified atom stereocenters. The Hall–Kier alpha value is -1.91. The maximum Gasteiger partial charge on any atom is 0.306 e. The third-order valence-corrected chi connectivity index (χ3v) is 3.32. The molecule has 0 aromatic rings. The van der Waals surface area contributed by atoms with Gasteiger partial charge in [0.1, 0.15) is 6.04 Å². The van der Waals surface area contributed by atoms with E-state index in [4.69, 9.17) is 4.74 Å². The van der Waals surface area contributed by atoms with Crippen LogP contribution in [0.25, 0.3) is 0 Å². The van der Waals surface area contributed by atoms with Crippen molar-refractivity contribution in [2.45, 2.75) is 38.6 Å². The van der Waals surface area contributed by atoms with Crippen molar-refractivity contribution in [1.82, 2.24) is 5.01 Å². The van der Waals surface area contributed by atoms with E-state index < -0.39 is 0 Å². The van der Waals surface area contributed by atoms with Crippen molar-refractivity contribution in [2.75, 3.05) is 13.2 Å². The van der Waals surface area contributed by atoms with Crippen LogP contribution in [-0.4, -0.2) is 41.7 Å². The third-order valence-electron chi connectivity index (χ3n) is 3.32. The molecule has 0 spiro atoms. The highest BCUT2D eigenvalue weighted by Gasteiger charge is 2.24. The van der Waals surface area contributed by atoms with E-state index in [9.17, 15) is 9.59 Å². The lowest BCUT2D eigenvalue weighted by Gasteiger charge is -2.30. The van der Waals surface area contributed by atoms with Crippen LogP contribution in [0.4, 0.5) is 0 Å². The number of carbonyl (C=O) groups is 2. The van der Waals surface area contributed by atoms with Crippen LogP contribution in [-0.2, 0) is 14.3 Å². The Bertz CT molecular complexity index is 466. The highest BCUT2D eigenvalue weighted by atomic mass is 16.5. The van der Waals surface area contributed by atoms with E-state index in [1.54, 1.807) is 19.1 Å². The van der Waals surface area contributed by atoms with Crippen molar-refractivity contribution < 1.29 is 14.3 Å². The molecule has 0 amide bonds. The zero-order chi connectivity index (χ0) is 14.4. The molecule has 0 N–H and O–H groups in total. The van der Waals surface area contributed by atoms with Crippen molar-refractivity contribution in [3.63, 3.8) is 0 Å². The Kier molecular flexibility index (Phi) is 5.09. The zero-order valence-electron chi connectivity index (χ0n) is 11.7. The normalized spacial score (nSPS) is 21.9. The summed E-state index contributed by atoms with van der Waals surface area (Å²) in [6.07, 6.45) is 9.86. The van der Waals surface area contributed by atoms with Crippen LogP contribution in [0.3, 0.4) is 0 Å². The number of hydrazone groups is 1. The summed E-state index contributed by atoms with van der Waals surface area (Å²) in [6, 6.07) is -0.294. The van der Waals surface area contributed by atoms with E-state index >= 15 is 0 Å². The van der Waals surface area contributed by atoms with Gasteiger partial charge in [-0.25, -0.2) is 0 Å². The Morgan fingerprint density at radius 3 is 3.10 bits per heavy atom. The second-order valence-corrected chi connectivity index (χ2v) is 4.83. The van der Waals surface area contributed by atoms with Gasteiger partial charge in [-0.1, -0.05) is 18.2 Å². The van der Waals surface area contributed by atoms with Crippen LogP contribution in [0.2, 0.25) is 0 Å². The molecule has 1 aliphatic heterocycles. The number of ether oxygens (including phenoxy) is 1. The molecule has 5 nitrogen and oxygen atoms in total. The number of esters is 1. The molecule has 2 rings (SSSR count). The highest BCUT2D eigenvalue weighted by Crippen LogP contribution is 2.17. The number of carbonyl (C=O) groups excluding carboxylic acids is 2. The maximum atomic E-state index is 11.8. The van der Waals surface area contributed by atoms with E-state index in [1.165, 1.54) is 0 Å². The summed E-state index contributed by atoms with van der Waals surface area (Å²) in [5.41, 5.74) is 0.972. The van der Waals surface area contributed by atoms with Crippen molar-refractivity contribution in [1.29, 1.82) is 0 Å². The van der Waals surface area contributed by atoms with Gasteiger partial charge in [-0.05, 0) is 32.3 Å².